The average Bonchev–Trinajstić information content (AvgIpc) is 2.47. The van der Waals surface area contributed by atoms with Crippen LogP contribution in [0.1, 0.15) is 45.6 Å². The van der Waals surface area contributed by atoms with Gasteiger partial charge in [-0.05, 0) is 25.8 Å². The lowest BCUT2D eigenvalue weighted by atomic mass is 10.1. The highest BCUT2D eigenvalue weighted by Gasteiger charge is 2.19. The molecule has 112 valence electrons. The zero-order valence-electron chi connectivity index (χ0n) is 12.3. The van der Waals surface area contributed by atoms with E-state index in [1.807, 2.05) is 0 Å². The van der Waals surface area contributed by atoms with Gasteiger partial charge in [-0.1, -0.05) is 37.0 Å². The van der Waals surface area contributed by atoms with Gasteiger partial charge in [0.2, 0.25) is 0 Å². The van der Waals surface area contributed by atoms with Crippen molar-refractivity contribution in [3.8, 4) is 0 Å². The first-order chi connectivity index (χ1) is 9.56. The summed E-state index contributed by atoms with van der Waals surface area (Å²) >= 11 is 6.38. The third-order valence-corrected chi connectivity index (χ3v) is 3.77. The van der Waals surface area contributed by atoms with Crippen LogP contribution in [0.5, 0.6) is 0 Å². The number of nitrogens with zero attached hydrogens (tertiary/aromatic N) is 3. The molecule has 0 aromatic carbocycles. The molecule has 0 spiro atoms. The average molecular weight is 299 g/mol. The minimum atomic E-state index is -0.00163. The number of pyridine rings is 1. The van der Waals surface area contributed by atoms with Gasteiger partial charge in [0.15, 0.2) is 5.84 Å². The Hall–Kier alpha value is -1.49. The number of hydrogen-bond acceptors (Lipinski definition) is 4. The van der Waals surface area contributed by atoms with Gasteiger partial charge in [-0.15, -0.1) is 0 Å². The highest BCUT2D eigenvalue weighted by atomic mass is 35.5. The third-order valence-electron chi connectivity index (χ3n) is 3.40. The molecule has 1 rings (SSSR count). The first-order valence-electron chi connectivity index (χ1n) is 6.95. The van der Waals surface area contributed by atoms with E-state index in [1.54, 1.807) is 12.3 Å². The van der Waals surface area contributed by atoms with Gasteiger partial charge in [-0.25, -0.2) is 4.98 Å². The number of halogens is 1. The van der Waals surface area contributed by atoms with Crippen molar-refractivity contribution >= 4 is 23.3 Å². The molecule has 1 unspecified atom stereocenters. The van der Waals surface area contributed by atoms with Gasteiger partial charge in [-0.2, -0.15) is 0 Å². The van der Waals surface area contributed by atoms with E-state index in [0.717, 1.165) is 25.8 Å². The zero-order chi connectivity index (χ0) is 15.1. The Morgan fingerprint density at radius 2 is 2.25 bits per heavy atom. The molecule has 3 N–H and O–H groups in total. The number of hydrogen-bond donors (Lipinski definition) is 2. The van der Waals surface area contributed by atoms with Crippen molar-refractivity contribution in [2.24, 2.45) is 10.9 Å². The summed E-state index contributed by atoms with van der Waals surface area (Å²) in [6.45, 7) is 7.31. The second-order valence-electron chi connectivity index (χ2n) is 4.79. The molecule has 0 aliphatic heterocycles. The van der Waals surface area contributed by atoms with E-state index < -0.39 is 0 Å². The summed E-state index contributed by atoms with van der Waals surface area (Å²) in [4.78, 5) is 6.56. The summed E-state index contributed by atoms with van der Waals surface area (Å²) in [5.41, 5.74) is 6.15. The Balaban J connectivity index is 3.19. The van der Waals surface area contributed by atoms with Crippen LogP contribution in [0.15, 0.2) is 17.4 Å². The molecule has 0 bridgehead atoms. The standard InChI is InChI=1S/C14H23ClN4O/c1-4-6-9-19(10(3)5-2)14-12(15)11(7-8-17-14)13(16)18-20/h7-8,10,20H,4-6,9H2,1-3H3,(H2,16,18). The smallest absolute Gasteiger partial charge is 0.171 e. The van der Waals surface area contributed by atoms with Gasteiger partial charge < -0.3 is 15.8 Å². The fourth-order valence-corrected chi connectivity index (χ4v) is 2.29. The van der Waals surface area contributed by atoms with Crippen molar-refractivity contribution in [3.05, 3.63) is 22.8 Å². The highest BCUT2D eigenvalue weighted by molar-refractivity contribution is 6.36. The molecule has 0 aliphatic rings. The number of nitrogens with two attached hydrogens (primary N) is 1. The quantitative estimate of drug-likeness (QED) is 0.351. The van der Waals surface area contributed by atoms with Crippen LogP contribution < -0.4 is 10.6 Å². The van der Waals surface area contributed by atoms with Crippen molar-refractivity contribution in [2.75, 3.05) is 11.4 Å². The van der Waals surface area contributed by atoms with Gasteiger partial charge >= 0.3 is 0 Å². The second-order valence-corrected chi connectivity index (χ2v) is 5.16. The number of rotatable bonds is 7. The van der Waals surface area contributed by atoms with Crippen LogP contribution in [0.4, 0.5) is 5.82 Å². The van der Waals surface area contributed by atoms with Gasteiger partial charge in [0.1, 0.15) is 5.82 Å². The summed E-state index contributed by atoms with van der Waals surface area (Å²) in [6, 6.07) is 1.98. The molecule has 0 saturated heterocycles. The Bertz CT molecular complexity index is 464. The van der Waals surface area contributed by atoms with Crippen LogP contribution >= 0.6 is 11.6 Å². The molecule has 0 saturated carbocycles. The molecule has 20 heavy (non-hydrogen) atoms. The van der Waals surface area contributed by atoms with E-state index in [2.05, 4.69) is 35.8 Å². The molecular weight excluding hydrogens is 276 g/mol. The molecule has 0 fully saturated rings. The molecule has 0 amide bonds. The Morgan fingerprint density at radius 3 is 2.80 bits per heavy atom. The van der Waals surface area contributed by atoms with E-state index in [1.165, 1.54) is 0 Å². The molecule has 1 aromatic rings. The van der Waals surface area contributed by atoms with E-state index in [4.69, 9.17) is 22.5 Å². The summed E-state index contributed by atoms with van der Waals surface area (Å²) in [6.07, 6.45) is 4.80. The number of aromatic nitrogens is 1. The lowest BCUT2D eigenvalue weighted by molar-refractivity contribution is 0.318. The van der Waals surface area contributed by atoms with Gasteiger partial charge in [0.05, 0.1) is 5.02 Å². The Labute approximate surface area is 125 Å². The summed E-state index contributed by atoms with van der Waals surface area (Å²) in [5.74, 6) is 0.691. The molecule has 6 heteroatoms. The van der Waals surface area contributed by atoms with Crippen LogP contribution in [0.3, 0.4) is 0 Å². The zero-order valence-corrected chi connectivity index (χ0v) is 13.1. The topological polar surface area (TPSA) is 74.7 Å². The SMILES string of the molecule is CCCCN(c1nccc(/C(N)=N/O)c1Cl)C(C)CC. The number of unbranched alkanes of at least 4 members (excludes halogenated alkanes) is 1. The minimum absolute atomic E-state index is 0.00163. The van der Waals surface area contributed by atoms with Crippen LogP contribution in [0.25, 0.3) is 0 Å². The van der Waals surface area contributed by atoms with E-state index >= 15 is 0 Å². The highest BCUT2D eigenvalue weighted by Crippen LogP contribution is 2.29. The van der Waals surface area contributed by atoms with Crippen molar-refractivity contribution in [3.63, 3.8) is 0 Å². The fraction of sp³-hybridized carbons (Fsp3) is 0.571. The van der Waals surface area contributed by atoms with E-state index in [0.29, 0.717) is 22.4 Å². The minimum Gasteiger partial charge on any atom is -0.409 e. The van der Waals surface area contributed by atoms with Crippen LogP contribution in [0, 0.1) is 0 Å². The van der Waals surface area contributed by atoms with Gasteiger partial charge in [-0.3, -0.25) is 0 Å². The number of oxime groups is 1. The molecule has 5 nitrogen and oxygen atoms in total. The molecule has 1 aromatic heterocycles. The number of amidine groups is 1. The monoisotopic (exact) mass is 298 g/mol. The summed E-state index contributed by atoms with van der Waals surface area (Å²) in [7, 11) is 0. The fourth-order valence-electron chi connectivity index (χ4n) is 1.97. The van der Waals surface area contributed by atoms with Gasteiger partial charge in [0, 0.05) is 24.3 Å². The largest absolute Gasteiger partial charge is 0.409 e. The van der Waals surface area contributed by atoms with Gasteiger partial charge in [0.25, 0.3) is 0 Å². The summed E-state index contributed by atoms with van der Waals surface area (Å²) < 4.78 is 0. The lowest BCUT2D eigenvalue weighted by Gasteiger charge is -2.30. The molecule has 1 heterocycles. The van der Waals surface area contributed by atoms with Crippen LogP contribution in [-0.4, -0.2) is 28.6 Å². The van der Waals surface area contributed by atoms with Crippen LogP contribution in [-0.2, 0) is 0 Å². The predicted octanol–water partition coefficient (Wildman–Crippen LogP) is 3.23. The molecular formula is C14H23ClN4O. The predicted molar refractivity (Wildman–Crippen MR) is 83.8 cm³/mol. The first-order valence-corrected chi connectivity index (χ1v) is 7.33. The van der Waals surface area contributed by atoms with E-state index in [9.17, 15) is 0 Å². The van der Waals surface area contributed by atoms with E-state index in [-0.39, 0.29) is 5.84 Å². The molecule has 1 atom stereocenters. The normalized spacial score (nSPS) is 13.3. The molecule has 0 radical (unpaired) electrons. The third kappa shape index (κ3) is 3.76. The van der Waals surface area contributed by atoms with Crippen LogP contribution in [0.2, 0.25) is 5.02 Å². The maximum absolute atomic E-state index is 8.81. The van der Waals surface area contributed by atoms with Crippen molar-refractivity contribution in [2.45, 2.75) is 46.1 Å². The van der Waals surface area contributed by atoms with Crippen molar-refractivity contribution in [1.29, 1.82) is 0 Å². The number of anilines is 1. The maximum atomic E-state index is 8.81. The molecule has 0 aliphatic carbocycles. The van der Waals surface area contributed by atoms with Crippen molar-refractivity contribution < 1.29 is 5.21 Å². The first kappa shape index (κ1) is 16.6. The van der Waals surface area contributed by atoms with Crippen molar-refractivity contribution in [1.82, 2.24) is 4.98 Å². The lowest BCUT2D eigenvalue weighted by Crippen LogP contribution is -2.34. The summed E-state index contributed by atoms with van der Waals surface area (Å²) in [5, 5.41) is 12.2. The maximum Gasteiger partial charge on any atom is 0.171 e. The Kier molecular flexibility index (Phi) is 6.58. The Morgan fingerprint density at radius 1 is 1.55 bits per heavy atom. The second kappa shape index (κ2) is 7.94.